The number of rotatable bonds is 7. The van der Waals surface area contributed by atoms with Gasteiger partial charge in [0, 0.05) is 10.8 Å². The van der Waals surface area contributed by atoms with Gasteiger partial charge >= 0.3 is 6.03 Å². The molecule has 1 saturated carbocycles. The monoisotopic (exact) mass is 451 g/mol. The van der Waals surface area contributed by atoms with Crippen LogP contribution in [0.4, 0.5) is 9.93 Å². The van der Waals surface area contributed by atoms with Crippen molar-refractivity contribution < 1.29 is 14.4 Å². The van der Waals surface area contributed by atoms with E-state index in [1.54, 1.807) is 6.92 Å². The maximum absolute atomic E-state index is 12.6. The molecule has 4 rings (SSSR count). The van der Waals surface area contributed by atoms with Crippen molar-refractivity contribution >= 4 is 57.7 Å². The summed E-state index contributed by atoms with van der Waals surface area (Å²) in [5.41, 5.74) is 0.198. The van der Waals surface area contributed by atoms with Crippen molar-refractivity contribution in [1.29, 1.82) is 0 Å². The minimum atomic E-state index is -0.897. The molecule has 1 aliphatic carbocycles. The molecule has 1 aromatic heterocycles. The Kier molecular flexibility index (Phi) is 5.50. The first kappa shape index (κ1) is 20.1. The SMILES string of the molecule is C[C@@]1(C2CC2)NC(=O)N(CC(=O)Nc2nnc(SCc3ccc(Cl)cc3)s2)C1=O. The molecule has 29 heavy (non-hydrogen) atoms. The largest absolute Gasteiger partial charge is 0.325 e. The summed E-state index contributed by atoms with van der Waals surface area (Å²) in [5.74, 6) is 0.00746. The van der Waals surface area contributed by atoms with Gasteiger partial charge in [0.25, 0.3) is 5.91 Å². The van der Waals surface area contributed by atoms with Crippen LogP contribution < -0.4 is 10.6 Å². The molecular formula is C18H18ClN5O3S2. The number of thioether (sulfide) groups is 1. The molecule has 11 heteroatoms. The Morgan fingerprint density at radius 2 is 2.07 bits per heavy atom. The second-order valence-electron chi connectivity index (χ2n) is 7.13. The van der Waals surface area contributed by atoms with Gasteiger partial charge in [0.1, 0.15) is 12.1 Å². The van der Waals surface area contributed by atoms with E-state index in [9.17, 15) is 14.4 Å². The third kappa shape index (κ3) is 4.39. The Balaban J connectivity index is 1.30. The highest BCUT2D eigenvalue weighted by Crippen LogP contribution is 2.42. The lowest BCUT2D eigenvalue weighted by Crippen LogP contribution is -2.46. The first-order valence-electron chi connectivity index (χ1n) is 9.00. The molecular weight excluding hydrogens is 434 g/mol. The molecule has 0 spiro atoms. The highest BCUT2D eigenvalue weighted by Gasteiger charge is 2.56. The summed E-state index contributed by atoms with van der Waals surface area (Å²) in [5, 5.41) is 14.3. The van der Waals surface area contributed by atoms with Crippen LogP contribution in [0.25, 0.3) is 0 Å². The van der Waals surface area contributed by atoms with Crippen LogP contribution in [-0.4, -0.2) is 45.0 Å². The molecule has 1 aliphatic heterocycles. The van der Waals surface area contributed by atoms with Gasteiger partial charge in [-0.1, -0.05) is 46.8 Å². The van der Waals surface area contributed by atoms with Crippen LogP contribution in [0.1, 0.15) is 25.3 Å². The minimum absolute atomic E-state index is 0.149. The number of carbonyl (C=O) groups is 3. The van der Waals surface area contributed by atoms with E-state index < -0.39 is 17.5 Å². The first-order chi connectivity index (χ1) is 13.8. The number of urea groups is 1. The van der Waals surface area contributed by atoms with Crippen LogP contribution in [0.5, 0.6) is 0 Å². The van der Waals surface area contributed by atoms with Crippen LogP contribution in [-0.2, 0) is 15.3 Å². The summed E-state index contributed by atoms with van der Waals surface area (Å²) in [6, 6.07) is 7.00. The van der Waals surface area contributed by atoms with Crippen molar-refractivity contribution in [3.63, 3.8) is 0 Å². The van der Waals surface area contributed by atoms with Gasteiger partial charge in [0.2, 0.25) is 11.0 Å². The summed E-state index contributed by atoms with van der Waals surface area (Å²) in [6.45, 7) is 1.37. The summed E-state index contributed by atoms with van der Waals surface area (Å²) in [6.07, 6.45) is 1.81. The summed E-state index contributed by atoms with van der Waals surface area (Å²) in [7, 11) is 0. The molecule has 2 aromatic rings. The fourth-order valence-corrected chi connectivity index (χ4v) is 4.99. The predicted molar refractivity (Wildman–Crippen MR) is 111 cm³/mol. The molecule has 8 nitrogen and oxygen atoms in total. The third-order valence-electron chi connectivity index (χ3n) is 4.93. The molecule has 1 aromatic carbocycles. The number of hydrogen-bond donors (Lipinski definition) is 2. The lowest BCUT2D eigenvalue weighted by atomic mass is 9.96. The van der Waals surface area contributed by atoms with E-state index in [1.165, 1.54) is 23.1 Å². The van der Waals surface area contributed by atoms with Crippen molar-refractivity contribution in [3.05, 3.63) is 34.9 Å². The van der Waals surface area contributed by atoms with E-state index in [4.69, 9.17) is 11.6 Å². The maximum atomic E-state index is 12.6. The van der Waals surface area contributed by atoms with Crippen LogP contribution >= 0.6 is 34.7 Å². The molecule has 1 atom stereocenters. The first-order valence-corrected chi connectivity index (χ1v) is 11.2. The highest BCUT2D eigenvalue weighted by molar-refractivity contribution is 8.00. The average molecular weight is 452 g/mol. The Bertz CT molecular complexity index is 963. The van der Waals surface area contributed by atoms with Gasteiger partial charge in [-0.05, 0) is 43.4 Å². The number of imide groups is 1. The lowest BCUT2D eigenvalue weighted by molar-refractivity contribution is -0.134. The Labute approximate surface area is 180 Å². The number of nitrogens with one attached hydrogen (secondary N) is 2. The Morgan fingerprint density at radius 3 is 2.76 bits per heavy atom. The normalized spacial score (nSPS) is 21.4. The van der Waals surface area contributed by atoms with E-state index in [-0.39, 0.29) is 18.4 Å². The van der Waals surface area contributed by atoms with Gasteiger partial charge in [-0.3, -0.25) is 19.8 Å². The zero-order valence-electron chi connectivity index (χ0n) is 15.5. The van der Waals surface area contributed by atoms with E-state index >= 15 is 0 Å². The molecule has 2 N–H and O–H groups in total. The fraction of sp³-hybridized carbons (Fsp3) is 0.389. The van der Waals surface area contributed by atoms with Gasteiger partial charge in [-0.2, -0.15) is 0 Å². The van der Waals surface area contributed by atoms with Crippen molar-refractivity contribution in [3.8, 4) is 0 Å². The fourth-order valence-electron chi connectivity index (χ4n) is 3.14. The van der Waals surface area contributed by atoms with Gasteiger partial charge in [-0.15, -0.1) is 10.2 Å². The van der Waals surface area contributed by atoms with Crippen LogP contribution in [0.15, 0.2) is 28.6 Å². The summed E-state index contributed by atoms with van der Waals surface area (Å²) < 4.78 is 0.701. The second-order valence-corrected chi connectivity index (χ2v) is 9.77. The molecule has 2 heterocycles. The van der Waals surface area contributed by atoms with Crippen LogP contribution in [0.3, 0.4) is 0 Å². The average Bonchev–Trinajstić information content (AvgIpc) is 3.42. The van der Waals surface area contributed by atoms with Crippen molar-refractivity contribution in [2.45, 2.75) is 35.4 Å². The zero-order valence-corrected chi connectivity index (χ0v) is 17.9. The maximum Gasteiger partial charge on any atom is 0.325 e. The van der Waals surface area contributed by atoms with Gasteiger partial charge in [-0.25, -0.2) is 4.79 Å². The van der Waals surface area contributed by atoms with Gasteiger partial charge in [0.15, 0.2) is 4.34 Å². The summed E-state index contributed by atoms with van der Waals surface area (Å²) >= 11 is 8.61. The molecule has 0 unspecified atom stereocenters. The quantitative estimate of drug-likeness (QED) is 0.380. The molecule has 2 aliphatic rings. The van der Waals surface area contributed by atoms with Crippen molar-refractivity contribution in [1.82, 2.24) is 20.4 Å². The smallest absolute Gasteiger partial charge is 0.323 e. The Hall–Kier alpha value is -2.17. The zero-order chi connectivity index (χ0) is 20.6. The number of benzene rings is 1. The molecule has 0 radical (unpaired) electrons. The van der Waals surface area contributed by atoms with Gasteiger partial charge < -0.3 is 5.32 Å². The molecule has 1 saturated heterocycles. The number of aromatic nitrogens is 2. The molecule has 2 fully saturated rings. The van der Waals surface area contributed by atoms with E-state index in [0.29, 0.717) is 20.2 Å². The predicted octanol–water partition coefficient (Wildman–Crippen LogP) is 3.14. The molecule has 0 bridgehead atoms. The third-order valence-corrected chi connectivity index (χ3v) is 7.22. The standard InChI is InChI=1S/C18H18ClN5O3S2/c1-18(11-4-5-11)14(26)24(16(27)21-18)8-13(25)20-15-22-23-17(29-15)28-9-10-2-6-12(19)7-3-10/h2-3,6-7,11H,4-5,8-9H2,1H3,(H,21,27)(H,20,22,25)/t18-/m0/s1. The van der Waals surface area contributed by atoms with Crippen molar-refractivity contribution in [2.75, 3.05) is 11.9 Å². The topological polar surface area (TPSA) is 104 Å². The number of anilines is 1. The lowest BCUT2D eigenvalue weighted by Gasteiger charge is -2.20. The van der Waals surface area contributed by atoms with Crippen LogP contribution in [0, 0.1) is 5.92 Å². The van der Waals surface area contributed by atoms with E-state index in [0.717, 1.165) is 23.3 Å². The number of nitrogens with zero attached hydrogens (tertiary/aromatic N) is 3. The summed E-state index contributed by atoms with van der Waals surface area (Å²) in [4.78, 5) is 38.0. The van der Waals surface area contributed by atoms with Crippen LogP contribution in [0.2, 0.25) is 5.02 Å². The van der Waals surface area contributed by atoms with E-state index in [1.807, 2.05) is 24.3 Å². The van der Waals surface area contributed by atoms with Gasteiger partial charge in [0.05, 0.1) is 0 Å². The minimum Gasteiger partial charge on any atom is -0.323 e. The van der Waals surface area contributed by atoms with Crippen molar-refractivity contribution in [2.24, 2.45) is 5.92 Å². The Morgan fingerprint density at radius 1 is 1.34 bits per heavy atom. The molecule has 152 valence electrons. The second kappa shape index (κ2) is 7.92. The van der Waals surface area contributed by atoms with E-state index in [2.05, 4.69) is 20.8 Å². The number of amides is 4. The number of halogens is 1. The highest BCUT2D eigenvalue weighted by atomic mass is 35.5. The number of hydrogen-bond acceptors (Lipinski definition) is 7. The molecule has 4 amide bonds. The number of carbonyl (C=O) groups excluding carboxylic acids is 3.